The molecule has 2 aromatic carbocycles. The maximum Gasteiger partial charge on any atom is 0.265 e. The zero-order valence-electron chi connectivity index (χ0n) is 17.5. The van der Waals surface area contributed by atoms with Gasteiger partial charge in [-0.1, -0.05) is 71.6 Å². The molecule has 0 radical (unpaired) electrons. The van der Waals surface area contributed by atoms with E-state index in [2.05, 4.69) is 32.7 Å². The van der Waals surface area contributed by atoms with Gasteiger partial charge in [-0.05, 0) is 37.6 Å². The van der Waals surface area contributed by atoms with E-state index in [-0.39, 0.29) is 28.2 Å². The van der Waals surface area contributed by atoms with Gasteiger partial charge in [0.25, 0.3) is 10.0 Å². The quantitative estimate of drug-likeness (QED) is 0.437. The minimum atomic E-state index is -3.62. The SMILES string of the molecule is C#CCN(C)Cc1ccccc1.Cl.O=S1(=O)NC(C2CC=CC2)=Nc2cc(Cl)c(Cl)cc21. The number of nitrogens with one attached hydrogen (secondary N) is 1. The van der Waals surface area contributed by atoms with E-state index < -0.39 is 10.0 Å². The summed E-state index contributed by atoms with van der Waals surface area (Å²) in [5.74, 6) is 3.16. The van der Waals surface area contributed by atoms with Crippen LogP contribution in [0.2, 0.25) is 10.0 Å². The van der Waals surface area contributed by atoms with Crippen molar-refractivity contribution in [2.24, 2.45) is 10.9 Å². The van der Waals surface area contributed by atoms with Crippen LogP contribution in [0.5, 0.6) is 0 Å². The molecule has 1 heterocycles. The van der Waals surface area contributed by atoms with Crippen LogP contribution in [0.25, 0.3) is 0 Å². The number of benzene rings is 2. The molecule has 170 valence electrons. The Hall–Kier alpha value is -2.01. The Morgan fingerprint density at radius 2 is 1.78 bits per heavy atom. The highest BCUT2D eigenvalue weighted by Gasteiger charge is 2.30. The van der Waals surface area contributed by atoms with E-state index in [4.69, 9.17) is 29.6 Å². The van der Waals surface area contributed by atoms with Crippen LogP contribution in [-0.4, -0.2) is 32.7 Å². The Labute approximate surface area is 206 Å². The Balaban J connectivity index is 0.000000244. The van der Waals surface area contributed by atoms with Crippen LogP contribution in [0.4, 0.5) is 5.69 Å². The van der Waals surface area contributed by atoms with E-state index in [0.717, 1.165) is 19.4 Å². The van der Waals surface area contributed by atoms with Gasteiger partial charge in [0.2, 0.25) is 0 Å². The number of amidine groups is 1. The first-order valence-electron chi connectivity index (χ1n) is 9.71. The number of terminal acetylenes is 1. The number of allylic oxidation sites excluding steroid dienone is 2. The molecule has 5 nitrogen and oxygen atoms in total. The summed E-state index contributed by atoms with van der Waals surface area (Å²) in [4.78, 5) is 6.54. The van der Waals surface area contributed by atoms with Crippen LogP contribution in [0, 0.1) is 18.3 Å². The van der Waals surface area contributed by atoms with Crippen LogP contribution in [0.3, 0.4) is 0 Å². The molecule has 4 rings (SSSR count). The minimum absolute atomic E-state index is 0. The van der Waals surface area contributed by atoms with Gasteiger partial charge < -0.3 is 0 Å². The number of sulfonamides is 1. The number of halogens is 3. The summed E-state index contributed by atoms with van der Waals surface area (Å²) in [6.07, 6.45) is 10.8. The predicted molar refractivity (Wildman–Crippen MR) is 135 cm³/mol. The smallest absolute Gasteiger partial charge is 0.265 e. The average molecular weight is 513 g/mol. The third-order valence-electron chi connectivity index (χ3n) is 4.82. The Kier molecular flexibility index (Phi) is 9.63. The highest BCUT2D eigenvalue weighted by Crippen LogP contribution is 2.36. The van der Waals surface area contributed by atoms with Crippen molar-refractivity contribution < 1.29 is 8.42 Å². The second-order valence-corrected chi connectivity index (χ2v) is 9.80. The van der Waals surface area contributed by atoms with Gasteiger partial charge in [-0.25, -0.2) is 13.4 Å². The molecule has 0 amide bonds. The molecule has 0 spiro atoms. The van der Waals surface area contributed by atoms with Gasteiger partial charge in [-0.2, -0.15) is 0 Å². The highest BCUT2D eigenvalue weighted by atomic mass is 35.5. The number of hydrogen-bond acceptors (Lipinski definition) is 4. The number of hydrogen-bond donors (Lipinski definition) is 1. The molecular weight excluding hydrogens is 489 g/mol. The molecule has 0 aromatic heterocycles. The molecule has 2 aliphatic rings. The van der Waals surface area contributed by atoms with Gasteiger partial charge in [-0.3, -0.25) is 9.62 Å². The molecular formula is C23H24Cl3N3O2S. The maximum atomic E-state index is 12.2. The number of aliphatic imine (C=N–C) groups is 1. The molecule has 1 N–H and O–H groups in total. The maximum absolute atomic E-state index is 12.2. The Morgan fingerprint density at radius 1 is 1.16 bits per heavy atom. The van der Waals surface area contributed by atoms with Crippen molar-refractivity contribution in [1.29, 1.82) is 0 Å². The first kappa shape index (κ1) is 26.2. The number of rotatable bonds is 4. The minimum Gasteiger partial charge on any atom is -0.291 e. The van der Waals surface area contributed by atoms with Crippen LogP contribution in [-0.2, 0) is 16.6 Å². The van der Waals surface area contributed by atoms with E-state index in [0.29, 0.717) is 23.1 Å². The molecule has 9 heteroatoms. The van der Waals surface area contributed by atoms with Crippen molar-refractivity contribution in [1.82, 2.24) is 9.62 Å². The molecule has 0 bridgehead atoms. The van der Waals surface area contributed by atoms with E-state index in [1.54, 1.807) is 0 Å². The van der Waals surface area contributed by atoms with Gasteiger partial charge in [0.15, 0.2) is 0 Å². The first-order valence-corrected chi connectivity index (χ1v) is 12.0. The van der Waals surface area contributed by atoms with Crippen LogP contribution in [0.1, 0.15) is 18.4 Å². The lowest BCUT2D eigenvalue weighted by atomic mass is 10.1. The number of fused-ring (bicyclic) bond motifs is 1. The fourth-order valence-electron chi connectivity index (χ4n) is 3.29. The fourth-order valence-corrected chi connectivity index (χ4v) is 4.92. The van der Waals surface area contributed by atoms with Crippen LogP contribution < -0.4 is 4.72 Å². The molecule has 0 saturated carbocycles. The summed E-state index contributed by atoms with van der Waals surface area (Å²) in [5, 5.41) is 0.497. The van der Waals surface area contributed by atoms with Crippen molar-refractivity contribution in [2.45, 2.75) is 24.3 Å². The molecule has 0 fully saturated rings. The Bertz CT molecular complexity index is 1140. The normalized spacial score (nSPS) is 16.0. The number of nitrogens with zero attached hydrogens (tertiary/aromatic N) is 2. The summed E-state index contributed by atoms with van der Waals surface area (Å²) in [6, 6.07) is 13.1. The molecule has 32 heavy (non-hydrogen) atoms. The van der Waals surface area contributed by atoms with Crippen LogP contribution in [0.15, 0.2) is 64.5 Å². The molecule has 0 unspecified atom stereocenters. The summed E-state index contributed by atoms with van der Waals surface area (Å²) in [6.45, 7) is 1.62. The summed E-state index contributed by atoms with van der Waals surface area (Å²) < 4.78 is 26.9. The van der Waals surface area contributed by atoms with Gasteiger partial charge in [-0.15, -0.1) is 18.8 Å². The fraction of sp³-hybridized carbons (Fsp3) is 0.261. The van der Waals surface area contributed by atoms with Crippen molar-refractivity contribution in [3.05, 3.63) is 70.2 Å². The monoisotopic (exact) mass is 511 g/mol. The third-order valence-corrected chi connectivity index (χ3v) is 6.93. The lowest BCUT2D eigenvalue weighted by Gasteiger charge is -2.22. The predicted octanol–water partition coefficient (Wildman–Crippen LogP) is 5.45. The Morgan fingerprint density at radius 3 is 2.41 bits per heavy atom. The lowest BCUT2D eigenvalue weighted by Crippen LogP contribution is -2.37. The van der Waals surface area contributed by atoms with Crippen molar-refractivity contribution >= 4 is 57.2 Å². The van der Waals surface area contributed by atoms with E-state index >= 15 is 0 Å². The van der Waals surface area contributed by atoms with Crippen molar-refractivity contribution in [2.75, 3.05) is 13.6 Å². The second kappa shape index (κ2) is 11.7. The van der Waals surface area contributed by atoms with E-state index in [9.17, 15) is 8.42 Å². The molecule has 0 atom stereocenters. The second-order valence-electron chi connectivity index (χ2n) is 7.34. The summed E-state index contributed by atoms with van der Waals surface area (Å²) in [7, 11) is -1.60. The summed E-state index contributed by atoms with van der Waals surface area (Å²) in [5.41, 5.74) is 1.64. The molecule has 2 aromatic rings. The third kappa shape index (κ3) is 6.74. The first-order chi connectivity index (χ1) is 14.8. The average Bonchev–Trinajstić information content (AvgIpc) is 3.25. The molecule has 1 aliphatic carbocycles. The van der Waals surface area contributed by atoms with E-state index in [1.807, 2.05) is 37.4 Å². The van der Waals surface area contributed by atoms with Gasteiger partial charge >= 0.3 is 0 Å². The molecule has 0 saturated heterocycles. The largest absolute Gasteiger partial charge is 0.291 e. The molecule has 1 aliphatic heterocycles. The summed E-state index contributed by atoms with van der Waals surface area (Å²) >= 11 is 11.8. The van der Waals surface area contributed by atoms with Gasteiger partial charge in [0.1, 0.15) is 10.7 Å². The van der Waals surface area contributed by atoms with Gasteiger partial charge in [0, 0.05) is 12.5 Å². The standard InChI is InChI=1S/C12H10Cl2N2O2S.C11H13N.ClH/c13-8-5-10-11(6-9(8)14)19(17,18)16-12(15-10)7-3-1-2-4-7;1-3-9-12(2)10-11-7-5-4-6-8-11;/h1-2,5-7H,3-4H2,(H,15,16);1,4-8H,9-10H2,2H3;1H. The zero-order valence-corrected chi connectivity index (χ0v) is 20.6. The van der Waals surface area contributed by atoms with Gasteiger partial charge in [0.05, 0.1) is 22.3 Å². The zero-order chi connectivity index (χ0) is 22.4. The lowest BCUT2D eigenvalue weighted by molar-refractivity contribution is 0.369. The highest BCUT2D eigenvalue weighted by molar-refractivity contribution is 7.90. The van der Waals surface area contributed by atoms with Crippen LogP contribution >= 0.6 is 35.6 Å². The van der Waals surface area contributed by atoms with Crippen molar-refractivity contribution in [3.63, 3.8) is 0 Å². The van der Waals surface area contributed by atoms with E-state index in [1.165, 1.54) is 17.7 Å². The van der Waals surface area contributed by atoms with Crippen molar-refractivity contribution in [3.8, 4) is 12.3 Å². The topological polar surface area (TPSA) is 61.8 Å².